The molecule has 1 unspecified atom stereocenters. The molecule has 0 radical (unpaired) electrons. The number of benzene rings is 1. The summed E-state index contributed by atoms with van der Waals surface area (Å²) in [6, 6.07) is 6.15. The minimum Gasteiger partial charge on any atom is -0.508 e. The summed E-state index contributed by atoms with van der Waals surface area (Å²) in [5.41, 5.74) is 0.407. The van der Waals surface area contributed by atoms with Crippen molar-refractivity contribution in [2.45, 2.75) is 6.17 Å². The number of aromatic nitrogens is 2. The van der Waals surface area contributed by atoms with E-state index < -0.39 is 6.17 Å². The molecule has 0 amide bonds. The fraction of sp³-hybridized carbons (Fsp3) is 0.182. The molecule has 1 aromatic carbocycles. The molecule has 0 spiro atoms. The van der Waals surface area contributed by atoms with Gasteiger partial charge in [-0.3, -0.25) is 0 Å². The van der Waals surface area contributed by atoms with Crippen LogP contribution in [0.4, 0.5) is 4.39 Å². The van der Waals surface area contributed by atoms with Gasteiger partial charge in [-0.1, -0.05) is 12.1 Å². The van der Waals surface area contributed by atoms with Crippen molar-refractivity contribution in [3.63, 3.8) is 0 Å². The Morgan fingerprint density at radius 3 is 2.87 bits per heavy atom. The quantitative estimate of drug-likeness (QED) is 0.817. The van der Waals surface area contributed by atoms with Crippen molar-refractivity contribution >= 4 is 0 Å². The smallest absolute Gasteiger partial charge is 0.183 e. The van der Waals surface area contributed by atoms with Gasteiger partial charge in [-0.25, -0.2) is 9.37 Å². The van der Waals surface area contributed by atoms with Crippen molar-refractivity contribution in [1.29, 1.82) is 0 Å². The van der Waals surface area contributed by atoms with Gasteiger partial charge in [-0.15, -0.1) is 0 Å². The Balaban J connectivity index is 2.36. The van der Waals surface area contributed by atoms with Crippen molar-refractivity contribution in [3.8, 4) is 5.75 Å². The van der Waals surface area contributed by atoms with Gasteiger partial charge in [0.2, 0.25) is 0 Å². The second-order valence-electron chi connectivity index (χ2n) is 3.35. The van der Waals surface area contributed by atoms with Crippen molar-refractivity contribution in [2.24, 2.45) is 7.05 Å². The van der Waals surface area contributed by atoms with Crippen LogP contribution in [0.15, 0.2) is 36.7 Å². The number of hydrogen-bond acceptors (Lipinski definition) is 2. The number of alkyl halides is 1. The van der Waals surface area contributed by atoms with E-state index >= 15 is 0 Å². The average Bonchev–Trinajstić information content (AvgIpc) is 2.63. The number of nitrogens with zero attached hydrogens (tertiary/aromatic N) is 2. The van der Waals surface area contributed by atoms with Gasteiger partial charge in [-0.05, 0) is 17.7 Å². The molecule has 4 heteroatoms. The molecule has 15 heavy (non-hydrogen) atoms. The van der Waals surface area contributed by atoms with Crippen LogP contribution in [0.3, 0.4) is 0 Å². The van der Waals surface area contributed by atoms with E-state index in [0.717, 1.165) is 0 Å². The van der Waals surface area contributed by atoms with Crippen LogP contribution in [-0.4, -0.2) is 14.7 Å². The fourth-order valence-electron chi connectivity index (χ4n) is 1.45. The molecule has 0 aliphatic rings. The van der Waals surface area contributed by atoms with E-state index in [9.17, 15) is 9.50 Å². The zero-order valence-electron chi connectivity index (χ0n) is 8.26. The summed E-state index contributed by atoms with van der Waals surface area (Å²) in [5, 5.41) is 9.23. The fourth-order valence-corrected chi connectivity index (χ4v) is 1.45. The number of phenols is 1. The molecule has 1 atom stereocenters. The average molecular weight is 206 g/mol. The first kappa shape index (κ1) is 9.71. The van der Waals surface area contributed by atoms with Gasteiger partial charge in [0, 0.05) is 19.4 Å². The predicted octanol–water partition coefficient (Wildman–Crippen LogP) is 2.18. The molecular weight excluding hydrogens is 195 g/mol. The van der Waals surface area contributed by atoms with Crippen LogP contribution in [0, 0.1) is 0 Å². The summed E-state index contributed by atoms with van der Waals surface area (Å²) in [6.07, 6.45) is 1.92. The lowest BCUT2D eigenvalue weighted by Crippen LogP contribution is -2.02. The summed E-state index contributed by atoms with van der Waals surface area (Å²) in [5.74, 6) is 0.393. The summed E-state index contributed by atoms with van der Waals surface area (Å²) < 4.78 is 15.6. The molecule has 78 valence electrons. The van der Waals surface area contributed by atoms with E-state index in [1.54, 1.807) is 36.1 Å². The van der Waals surface area contributed by atoms with Crippen molar-refractivity contribution in [2.75, 3.05) is 0 Å². The molecule has 0 saturated carbocycles. The minimum absolute atomic E-state index is 0.0596. The Morgan fingerprint density at radius 1 is 1.47 bits per heavy atom. The maximum absolute atomic E-state index is 13.9. The zero-order chi connectivity index (χ0) is 10.8. The van der Waals surface area contributed by atoms with Crippen LogP contribution in [0.5, 0.6) is 5.75 Å². The highest BCUT2D eigenvalue weighted by Gasteiger charge is 2.16. The van der Waals surface area contributed by atoms with E-state index in [0.29, 0.717) is 11.4 Å². The highest BCUT2D eigenvalue weighted by molar-refractivity contribution is 5.31. The minimum atomic E-state index is -1.31. The first-order chi connectivity index (χ1) is 7.18. The lowest BCUT2D eigenvalue weighted by molar-refractivity contribution is 0.373. The van der Waals surface area contributed by atoms with Crippen LogP contribution in [0.2, 0.25) is 0 Å². The van der Waals surface area contributed by atoms with Crippen LogP contribution < -0.4 is 0 Å². The van der Waals surface area contributed by atoms with E-state index in [4.69, 9.17) is 0 Å². The number of rotatable bonds is 2. The van der Waals surface area contributed by atoms with Gasteiger partial charge in [0.05, 0.1) is 0 Å². The normalized spacial score (nSPS) is 12.7. The topological polar surface area (TPSA) is 38.0 Å². The molecule has 1 aromatic heterocycles. The van der Waals surface area contributed by atoms with Crippen LogP contribution >= 0.6 is 0 Å². The molecule has 0 aliphatic heterocycles. The van der Waals surface area contributed by atoms with E-state index in [1.165, 1.54) is 12.1 Å². The summed E-state index contributed by atoms with van der Waals surface area (Å²) >= 11 is 0. The van der Waals surface area contributed by atoms with Gasteiger partial charge in [0.15, 0.2) is 6.17 Å². The molecule has 2 rings (SSSR count). The van der Waals surface area contributed by atoms with Gasteiger partial charge in [0.1, 0.15) is 11.6 Å². The molecule has 0 aliphatic carbocycles. The molecule has 0 fully saturated rings. The molecule has 3 nitrogen and oxygen atoms in total. The summed E-state index contributed by atoms with van der Waals surface area (Å²) in [7, 11) is 1.73. The monoisotopic (exact) mass is 206 g/mol. The number of hydrogen-bond donors (Lipinski definition) is 1. The van der Waals surface area contributed by atoms with Gasteiger partial charge >= 0.3 is 0 Å². The van der Waals surface area contributed by atoms with Gasteiger partial charge in [-0.2, -0.15) is 0 Å². The van der Waals surface area contributed by atoms with Crippen molar-refractivity contribution < 1.29 is 9.50 Å². The maximum Gasteiger partial charge on any atom is 0.183 e. The highest BCUT2D eigenvalue weighted by atomic mass is 19.1. The largest absolute Gasteiger partial charge is 0.508 e. The number of phenolic OH excluding ortho intramolecular Hbond substituents is 1. The maximum atomic E-state index is 13.9. The molecule has 1 N–H and O–H groups in total. The number of imidazole rings is 1. The van der Waals surface area contributed by atoms with Crippen LogP contribution in [0.1, 0.15) is 17.6 Å². The zero-order valence-corrected chi connectivity index (χ0v) is 8.26. The number of aryl methyl sites for hydroxylation is 1. The second-order valence-corrected chi connectivity index (χ2v) is 3.35. The summed E-state index contributed by atoms with van der Waals surface area (Å²) in [4.78, 5) is 3.93. The first-order valence-electron chi connectivity index (χ1n) is 4.58. The molecular formula is C11H11FN2O. The SMILES string of the molecule is Cn1ccnc1C(F)c1cccc(O)c1. The summed E-state index contributed by atoms with van der Waals surface area (Å²) in [6.45, 7) is 0. The Hall–Kier alpha value is -1.84. The highest BCUT2D eigenvalue weighted by Crippen LogP contribution is 2.26. The first-order valence-corrected chi connectivity index (χ1v) is 4.58. The third-order valence-corrected chi connectivity index (χ3v) is 2.25. The Morgan fingerprint density at radius 2 is 2.27 bits per heavy atom. The van der Waals surface area contributed by atoms with E-state index in [1.807, 2.05) is 0 Å². The van der Waals surface area contributed by atoms with Crippen LogP contribution in [0.25, 0.3) is 0 Å². The van der Waals surface area contributed by atoms with Crippen LogP contribution in [-0.2, 0) is 7.05 Å². The lowest BCUT2D eigenvalue weighted by Gasteiger charge is -2.08. The third-order valence-electron chi connectivity index (χ3n) is 2.25. The second kappa shape index (κ2) is 3.73. The lowest BCUT2D eigenvalue weighted by atomic mass is 10.1. The predicted molar refractivity (Wildman–Crippen MR) is 54.3 cm³/mol. The van der Waals surface area contributed by atoms with Crippen molar-refractivity contribution in [3.05, 3.63) is 48.0 Å². The Bertz CT molecular complexity index is 467. The number of halogens is 1. The van der Waals surface area contributed by atoms with Crippen molar-refractivity contribution in [1.82, 2.24) is 9.55 Å². The standard InChI is InChI=1S/C11H11FN2O/c1-14-6-5-13-11(14)10(12)8-3-2-4-9(15)7-8/h2-7,10,15H,1H3. The Labute approximate surface area is 86.8 Å². The number of aromatic hydroxyl groups is 1. The Kier molecular flexibility index (Phi) is 2.41. The van der Waals surface area contributed by atoms with E-state index in [2.05, 4.69) is 4.98 Å². The molecule has 0 bridgehead atoms. The third kappa shape index (κ3) is 1.83. The van der Waals surface area contributed by atoms with Gasteiger partial charge in [0.25, 0.3) is 0 Å². The molecule has 0 saturated heterocycles. The molecule has 2 aromatic rings. The van der Waals surface area contributed by atoms with E-state index in [-0.39, 0.29) is 5.75 Å². The molecule has 1 heterocycles. The van der Waals surface area contributed by atoms with Gasteiger partial charge < -0.3 is 9.67 Å².